The van der Waals surface area contributed by atoms with Gasteiger partial charge in [0.15, 0.2) is 0 Å². The fourth-order valence-electron chi connectivity index (χ4n) is 3.60. The minimum absolute atomic E-state index is 0.0833. The predicted octanol–water partition coefficient (Wildman–Crippen LogP) is 2.24. The van der Waals surface area contributed by atoms with E-state index in [1.807, 2.05) is 0 Å². The normalized spacial score (nSPS) is 32.9. The maximum atomic E-state index is 12.8. The number of rotatable bonds is 5. The van der Waals surface area contributed by atoms with Crippen LogP contribution in [-0.2, 0) is 9.53 Å². The third kappa shape index (κ3) is 4.35. The molecule has 3 atom stereocenters. The molecule has 2 rings (SSSR count). The summed E-state index contributed by atoms with van der Waals surface area (Å²) in [7, 11) is 1.61. The summed E-state index contributed by atoms with van der Waals surface area (Å²) in [6, 6.07) is 0. The van der Waals surface area contributed by atoms with Gasteiger partial charge in [-0.1, -0.05) is 6.42 Å². The van der Waals surface area contributed by atoms with Crippen LogP contribution in [0.3, 0.4) is 0 Å². The average Bonchev–Trinajstić information content (AvgIpc) is 2.93. The highest BCUT2D eigenvalue weighted by atomic mass is 19.4. The number of amides is 1. The molecule has 1 aliphatic heterocycles. The van der Waals surface area contributed by atoms with E-state index < -0.39 is 18.0 Å². The van der Waals surface area contributed by atoms with Gasteiger partial charge in [-0.15, -0.1) is 0 Å². The Bertz CT molecular complexity index is 381. The van der Waals surface area contributed by atoms with E-state index in [2.05, 4.69) is 10.6 Å². The van der Waals surface area contributed by atoms with Gasteiger partial charge in [0.1, 0.15) is 0 Å². The highest BCUT2D eigenvalue weighted by molar-refractivity contribution is 5.78. The Balaban J connectivity index is 1.86. The largest absolute Gasteiger partial charge is 0.391 e. The van der Waals surface area contributed by atoms with Crippen LogP contribution in [0, 0.1) is 11.8 Å². The van der Waals surface area contributed by atoms with Crippen molar-refractivity contribution in [3.63, 3.8) is 0 Å². The maximum Gasteiger partial charge on any atom is 0.391 e. The summed E-state index contributed by atoms with van der Waals surface area (Å²) >= 11 is 0. The predicted molar refractivity (Wildman–Crippen MR) is 76.4 cm³/mol. The summed E-state index contributed by atoms with van der Waals surface area (Å²) in [6.45, 7) is 1.77. The molecule has 0 radical (unpaired) electrons. The molecule has 0 aromatic heterocycles. The van der Waals surface area contributed by atoms with Crippen molar-refractivity contribution in [1.29, 1.82) is 0 Å². The van der Waals surface area contributed by atoms with E-state index in [9.17, 15) is 18.0 Å². The lowest BCUT2D eigenvalue weighted by atomic mass is 9.80. The summed E-state index contributed by atoms with van der Waals surface area (Å²) in [4.78, 5) is 12.2. The van der Waals surface area contributed by atoms with Crippen LogP contribution < -0.4 is 10.6 Å². The molecule has 2 fully saturated rings. The summed E-state index contributed by atoms with van der Waals surface area (Å²) < 4.78 is 43.6. The zero-order valence-corrected chi connectivity index (χ0v) is 13.0. The van der Waals surface area contributed by atoms with Gasteiger partial charge in [0.2, 0.25) is 5.91 Å². The van der Waals surface area contributed by atoms with Gasteiger partial charge in [0.05, 0.1) is 18.1 Å². The number of carbonyl (C=O) groups is 1. The number of nitrogens with one attached hydrogen (secondary N) is 2. The molecule has 0 aromatic carbocycles. The molecule has 2 aliphatic rings. The zero-order valence-electron chi connectivity index (χ0n) is 13.0. The van der Waals surface area contributed by atoms with Gasteiger partial charge in [-0.25, -0.2) is 0 Å². The van der Waals surface area contributed by atoms with Crippen molar-refractivity contribution in [2.24, 2.45) is 11.8 Å². The van der Waals surface area contributed by atoms with Gasteiger partial charge < -0.3 is 15.4 Å². The van der Waals surface area contributed by atoms with Crippen LogP contribution in [0.5, 0.6) is 0 Å². The first kappa shape index (κ1) is 17.5. The van der Waals surface area contributed by atoms with E-state index in [0.29, 0.717) is 26.0 Å². The molecule has 22 heavy (non-hydrogen) atoms. The molecular weight excluding hydrogens is 297 g/mol. The Morgan fingerprint density at radius 2 is 2.14 bits per heavy atom. The van der Waals surface area contributed by atoms with Crippen molar-refractivity contribution in [3.8, 4) is 0 Å². The molecule has 128 valence electrons. The Kier molecular flexibility index (Phi) is 5.71. The zero-order chi connectivity index (χ0) is 16.2. The summed E-state index contributed by atoms with van der Waals surface area (Å²) in [5.41, 5.74) is -0.275. The first-order chi connectivity index (χ1) is 10.4. The van der Waals surface area contributed by atoms with Crippen LogP contribution in [0.15, 0.2) is 0 Å². The highest BCUT2D eigenvalue weighted by Crippen LogP contribution is 2.39. The van der Waals surface area contributed by atoms with E-state index in [1.54, 1.807) is 7.11 Å². The van der Waals surface area contributed by atoms with Crippen LogP contribution in [0.4, 0.5) is 13.2 Å². The lowest BCUT2D eigenvalue weighted by molar-refractivity contribution is -0.186. The van der Waals surface area contributed by atoms with Crippen molar-refractivity contribution in [3.05, 3.63) is 0 Å². The van der Waals surface area contributed by atoms with E-state index in [0.717, 1.165) is 19.4 Å². The number of hydrogen-bond donors (Lipinski definition) is 2. The van der Waals surface area contributed by atoms with E-state index >= 15 is 0 Å². The molecule has 4 nitrogen and oxygen atoms in total. The summed E-state index contributed by atoms with van der Waals surface area (Å²) in [5.74, 6) is -2.12. The second-order valence-corrected chi connectivity index (χ2v) is 6.56. The fraction of sp³-hybridized carbons (Fsp3) is 0.933. The van der Waals surface area contributed by atoms with Crippen molar-refractivity contribution in [2.75, 3.05) is 26.8 Å². The van der Waals surface area contributed by atoms with Gasteiger partial charge in [-0.2, -0.15) is 13.2 Å². The molecule has 2 N–H and O–H groups in total. The minimum atomic E-state index is -4.19. The van der Waals surface area contributed by atoms with Crippen molar-refractivity contribution < 1.29 is 22.7 Å². The summed E-state index contributed by atoms with van der Waals surface area (Å²) in [5, 5.41) is 6.19. The van der Waals surface area contributed by atoms with Gasteiger partial charge in [-0.05, 0) is 38.6 Å². The number of carbonyl (C=O) groups excluding carboxylic acids is 1. The lowest BCUT2D eigenvalue weighted by Gasteiger charge is -2.32. The van der Waals surface area contributed by atoms with Gasteiger partial charge in [0, 0.05) is 19.6 Å². The topological polar surface area (TPSA) is 50.4 Å². The van der Waals surface area contributed by atoms with E-state index in [1.165, 1.54) is 0 Å². The molecule has 0 spiro atoms. The van der Waals surface area contributed by atoms with Gasteiger partial charge in [0.25, 0.3) is 0 Å². The number of hydrogen-bond acceptors (Lipinski definition) is 3. The number of halogens is 3. The molecular formula is C15H25F3N2O2. The number of alkyl halides is 3. The smallest absolute Gasteiger partial charge is 0.383 e. The Labute approximate surface area is 129 Å². The van der Waals surface area contributed by atoms with Crippen molar-refractivity contribution in [1.82, 2.24) is 10.6 Å². The van der Waals surface area contributed by atoms with Crippen LogP contribution in [0.2, 0.25) is 0 Å². The quantitative estimate of drug-likeness (QED) is 0.816. The van der Waals surface area contributed by atoms with Crippen LogP contribution in [0.1, 0.15) is 38.5 Å². The highest BCUT2D eigenvalue weighted by Gasteiger charge is 2.44. The number of ether oxygens (including phenoxy) is 1. The second-order valence-electron chi connectivity index (χ2n) is 6.56. The minimum Gasteiger partial charge on any atom is -0.383 e. The first-order valence-electron chi connectivity index (χ1n) is 7.95. The molecule has 1 saturated heterocycles. The molecule has 1 aliphatic carbocycles. The van der Waals surface area contributed by atoms with Crippen molar-refractivity contribution in [2.45, 2.75) is 50.2 Å². The fourth-order valence-corrected chi connectivity index (χ4v) is 3.60. The average molecular weight is 322 g/mol. The molecule has 7 heteroatoms. The molecule has 1 amide bonds. The molecule has 3 unspecified atom stereocenters. The van der Waals surface area contributed by atoms with Crippen LogP contribution in [0.25, 0.3) is 0 Å². The maximum absolute atomic E-state index is 12.8. The van der Waals surface area contributed by atoms with Gasteiger partial charge >= 0.3 is 6.18 Å². The standard InChI is InChI=1S/C15H25F3N2O2/c1-22-10-14(6-3-7-20-14)9-19-13(21)11-4-2-5-12(8-11)15(16,17)18/h11-12,20H,2-10H2,1H3,(H,19,21). The lowest BCUT2D eigenvalue weighted by Crippen LogP contribution is -2.54. The van der Waals surface area contributed by atoms with E-state index in [4.69, 9.17) is 4.74 Å². The Hall–Kier alpha value is -0.820. The SMILES string of the molecule is COCC1(CNC(=O)C2CCCC(C(F)(F)F)C2)CCCN1. The first-order valence-corrected chi connectivity index (χ1v) is 7.95. The van der Waals surface area contributed by atoms with Crippen LogP contribution >= 0.6 is 0 Å². The molecule has 1 heterocycles. The second kappa shape index (κ2) is 7.17. The monoisotopic (exact) mass is 322 g/mol. The number of methoxy groups -OCH3 is 1. The Morgan fingerprint density at radius 1 is 1.36 bits per heavy atom. The summed E-state index contributed by atoms with van der Waals surface area (Å²) in [6.07, 6.45) is -1.21. The Morgan fingerprint density at radius 3 is 2.73 bits per heavy atom. The van der Waals surface area contributed by atoms with E-state index in [-0.39, 0.29) is 24.3 Å². The molecule has 0 bridgehead atoms. The molecule has 1 saturated carbocycles. The molecule has 0 aromatic rings. The van der Waals surface area contributed by atoms with Crippen molar-refractivity contribution >= 4 is 5.91 Å². The van der Waals surface area contributed by atoms with Gasteiger partial charge in [-0.3, -0.25) is 4.79 Å². The third-order valence-electron chi connectivity index (χ3n) is 4.86. The van der Waals surface area contributed by atoms with Crippen LogP contribution in [-0.4, -0.2) is 44.4 Å². The third-order valence-corrected chi connectivity index (χ3v) is 4.86.